The molecular formula is C17H22N6O2. The number of carbonyl (C=O) groups is 1. The highest BCUT2D eigenvalue weighted by molar-refractivity contribution is 5.75. The van der Waals surface area contributed by atoms with E-state index >= 15 is 0 Å². The molecule has 4 rings (SSSR count). The predicted molar refractivity (Wildman–Crippen MR) is 91.0 cm³/mol. The van der Waals surface area contributed by atoms with Crippen molar-refractivity contribution in [3.05, 3.63) is 30.0 Å². The SMILES string of the molecule is Cn1cc(-c2ncnc3c2CCN(C(=O)N2CCOCC2)CC3)cn1. The molecule has 8 heteroatoms. The minimum atomic E-state index is 0.104. The molecule has 8 nitrogen and oxygen atoms in total. The molecule has 2 amide bonds. The lowest BCUT2D eigenvalue weighted by Gasteiger charge is -2.32. The Morgan fingerprint density at radius 3 is 2.60 bits per heavy atom. The van der Waals surface area contributed by atoms with Crippen LogP contribution in [0.5, 0.6) is 0 Å². The molecule has 2 aromatic rings. The largest absolute Gasteiger partial charge is 0.378 e. The smallest absolute Gasteiger partial charge is 0.320 e. The number of morpholine rings is 1. The number of nitrogens with zero attached hydrogens (tertiary/aromatic N) is 6. The van der Waals surface area contributed by atoms with Gasteiger partial charge in [-0.1, -0.05) is 0 Å². The molecule has 25 heavy (non-hydrogen) atoms. The van der Waals surface area contributed by atoms with E-state index in [1.165, 1.54) is 0 Å². The van der Waals surface area contributed by atoms with Gasteiger partial charge in [0, 0.05) is 62.7 Å². The number of urea groups is 1. The maximum absolute atomic E-state index is 12.8. The Labute approximate surface area is 146 Å². The molecule has 0 aromatic carbocycles. The quantitative estimate of drug-likeness (QED) is 0.764. The lowest BCUT2D eigenvalue weighted by molar-refractivity contribution is 0.0436. The van der Waals surface area contributed by atoms with Crippen LogP contribution in [0.15, 0.2) is 18.7 Å². The Bertz CT molecular complexity index is 768. The summed E-state index contributed by atoms with van der Waals surface area (Å²) in [5.74, 6) is 0. The molecule has 1 fully saturated rings. The molecule has 0 atom stereocenters. The van der Waals surface area contributed by atoms with E-state index in [1.54, 1.807) is 11.0 Å². The molecule has 132 valence electrons. The average molecular weight is 342 g/mol. The summed E-state index contributed by atoms with van der Waals surface area (Å²) in [5, 5.41) is 4.24. The van der Waals surface area contributed by atoms with E-state index < -0.39 is 0 Å². The van der Waals surface area contributed by atoms with E-state index in [0.717, 1.165) is 35.4 Å². The van der Waals surface area contributed by atoms with Crippen molar-refractivity contribution in [2.75, 3.05) is 39.4 Å². The first-order chi connectivity index (χ1) is 12.2. The van der Waals surface area contributed by atoms with Crippen molar-refractivity contribution in [1.82, 2.24) is 29.5 Å². The monoisotopic (exact) mass is 342 g/mol. The summed E-state index contributed by atoms with van der Waals surface area (Å²) in [4.78, 5) is 25.5. The van der Waals surface area contributed by atoms with Gasteiger partial charge in [-0.15, -0.1) is 0 Å². The van der Waals surface area contributed by atoms with Gasteiger partial charge in [0.05, 0.1) is 25.1 Å². The van der Waals surface area contributed by atoms with Crippen LogP contribution in [-0.4, -0.2) is 75.0 Å². The van der Waals surface area contributed by atoms with Gasteiger partial charge in [-0.25, -0.2) is 14.8 Å². The maximum atomic E-state index is 12.8. The zero-order valence-corrected chi connectivity index (χ0v) is 14.4. The molecule has 0 aliphatic carbocycles. The number of amides is 2. The van der Waals surface area contributed by atoms with Crippen LogP contribution in [0.3, 0.4) is 0 Å². The molecule has 0 unspecified atom stereocenters. The van der Waals surface area contributed by atoms with E-state index in [-0.39, 0.29) is 6.03 Å². The lowest BCUT2D eigenvalue weighted by atomic mass is 10.0. The number of aryl methyl sites for hydroxylation is 1. The van der Waals surface area contributed by atoms with Crippen LogP contribution in [0.4, 0.5) is 4.79 Å². The van der Waals surface area contributed by atoms with Gasteiger partial charge in [-0.2, -0.15) is 5.10 Å². The first kappa shape index (κ1) is 16.0. The molecule has 0 spiro atoms. The normalized spacial score (nSPS) is 18.0. The van der Waals surface area contributed by atoms with Crippen molar-refractivity contribution in [1.29, 1.82) is 0 Å². The van der Waals surface area contributed by atoms with Crippen LogP contribution in [0.2, 0.25) is 0 Å². The van der Waals surface area contributed by atoms with Gasteiger partial charge >= 0.3 is 6.03 Å². The Balaban J connectivity index is 1.54. The van der Waals surface area contributed by atoms with Gasteiger partial charge < -0.3 is 14.5 Å². The fourth-order valence-corrected chi connectivity index (χ4v) is 3.46. The highest BCUT2D eigenvalue weighted by Gasteiger charge is 2.26. The summed E-state index contributed by atoms with van der Waals surface area (Å²) in [6.45, 7) is 3.95. The standard InChI is InChI=1S/C17H22N6O2/c1-21-11-13(10-20-21)16-14-2-4-22(5-3-15(14)18-12-19-16)17(24)23-6-8-25-9-7-23/h10-12H,2-9H2,1H3. The third-order valence-electron chi connectivity index (χ3n) is 4.82. The van der Waals surface area contributed by atoms with Gasteiger partial charge in [0.2, 0.25) is 0 Å². The number of rotatable bonds is 1. The first-order valence-corrected chi connectivity index (χ1v) is 8.66. The topological polar surface area (TPSA) is 76.4 Å². The highest BCUT2D eigenvalue weighted by atomic mass is 16.5. The van der Waals surface area contributed by atoms with Crippen molar-refractivity contribution in [3.8, 4) is 11.3 Å². The van der Waals surface area contributed by atoms with E-state index in [0.29, 0.717) is 39.4 Å². The van der Waals surface area contributed by atoms with Crippen LogP contribution >= 0.6 is 0 Å². The molecule has 0 saturated carbocycles. The summed E-state index contributed by atoms with van der Waals surface area (Å²) < 4.78 is 7.11. The second-order valence-electron chi connectivity index (χ2n) is 6.42. The third kappa shape index (κ3) is 3.21. The Hall–Kier alpha value is -2.48. The van der Waals surface area contributed by atoms with Crippen molar-refractivity contribution >= 4 is 6.03 Å². The Morgan fingerprint density at radius 1 is 1.08 bits per heavy atom. The number of ether oxygens (including phenoxy) is 1. The molecule has 2 aliphatic rings. The predicted octanol–water partition coefficient (Wildman–Crippen LogP) is 0.730. The molecule has 0 radical (unpaired) electrons. The minimum absolute atomic E-state index is 0.104. The number of carbonyl (C=O) groups excluding carboxylic acids is 1. The fraction of sp³-hybridized carbons (Fsp3) is 0.529. The molecular weight excluding hydrogens is 320 g/mol. The fourth-order valence-electron chi connectivity index (χ4n) is 3.46. The number of aromatic nitrogens is 4. The molecule has 2 aromatic heterocycles. The van der Waals surface area contributed by atoms with Crippen LogP contribution in [-0.2, 0) is 24.6 Å². The lowest BCUT2D eigenvalue weighted by Crippen LogP contribution is -2.48. The van der Waals surface area contributed by atoms with Gasteiger partial charge in [-0.05, 0) is 6.42 Å². The number of hydrogen-bond donors (Lipinski definition) is 0. The molecule has 0 bridgehead atoms. The second-order valence-corrected chi connectivity index (χ2v) is 6.42. The number of fused-ring (bicyclic) bond motifs is 1. The first-order valence-electron chi connectivity index (χ1n) is 8.66. The van der Waals surface area contributed by atoms with Crippen LogP contribution in [0.1, 0.15) is 11.3 Å². The van der Waals surface area contributed by atoms with Crippen LogP contribution < -0.4 is 0 Å². The van der Waals surface area contributed by atoms with Gasteiger partial charge in [0.1, 0.15) is 6.33 Å². The van der Waals surface area contributed by atoms with E-state index in [1.807, 2.05) is 29.2 Å². The van der Waals surface area contributed by atoms with Gasteiger partial charge in [0.15, 0.2) is 0 Å². The van der Waals surface area contributed by atoms with Crippen molar-refractivity contribution < 1.29 is 9.53 Å². The number of hydrogen-bond acceptors (Lipinski definition) is 5. The van der Waals surface area contributed by atoms with Crippen molar-refractivity contribution in [2.24, 2.45) is 7.05 Å². The Morgan fingerprint density at radius 2 is 1.84 bits per heavy atom. The van der Waals surface area contributed by atoms with E-state index in [2.05, 4.69) is 15.1 Å². The highest BCUT2D eigenvalue weighted by Crippen LogP contribution is 2.25. The molecule has 2 aliphatic heterocycles. The molecule has 4 heterocycles. The van der Waals surface area contributed by atoms with Crippen molar-refractivity contribution in [2.45, 2.75) is 12.8 Å². The second kappa shape index (κ2) is 6.79. The van der Waals surface area contributed by atoms with Crippen molar-refractivity contribution in [3.63, 3.8) is 0 Å². The third-order valence-corrected chi connectivity index (χ3v) is 4.82. The average Bonchev–Trinajstić information content (AvgIpc) is 2.96. The summed E-state index contributed by atoms with van der Waals surface area (Å²) >= 11 is 0. The maximum Gasteiger partial charge on any atom is 0.320 e. The Kier molecular flexibility index (Phi) is 4.35. The summed E-state index contributed by atoms with van der Waals surface area (Å²) in [6.07, 6.45) is 6.91. The zero-order valence-electron chi connectivity index (χ0n) is 14.4. The molecule has 1 saturated heterocycles. The summed E-state index contributed by atoms with van der Waals surface area (Å²) in [7, 11) is 1.89. The zero-order chi connectivity index (χ0) is 17.2. The van der Waals surface area contributed by atoms with Crippen LogP contribution in [0, 0.1) is 0 Å². The summed E-state index contributed by atoms with van der Waals surface area (Å²) in [6, 6.07) is 0.104. The summed E-state index contributed by atoms with van der Waals surface area (Å²) in [5.41, 5.74) is 4.09. The van der Waals surface area contributed by atoms with Gasteiger partial charge in [-0.3, -0.25) is 4.68 Å². The van der Waals surface area contributed by atoms with E-state index in [4.69, 9.17) is 4.74 Å². The minimum Gasteiger partial charge on any atom is -0.378 e. The van der Waals surface area contributed by atoms with Gasteiger partial charge in [0.25, 0.3) is 0 Å². The van der Waals surface area contributed by atoms with Crippen LogP contribution in [0.25, 0.3) is 11.3 Å². The van der Waals surface area contributed by atoms with E-state index in [9.17, 15) is 4.79 Å². The molecule has 0 N–H and O–H groups in total.